The van der Waals surface area contributed by atoms with Crippen LogP contribution >= 0.6 is 15.9 Å². The fourth-order valence-electron chi connectivity index (χ4n) is 2.84. The predicted molar refractivity (Wildman–Crippen MR) is 83.8 cm³/mol. The summed E-state index contributed by atoms with van der Waals surface area (Å²) in [6.07, 6.45) is 0. The molecule has 0 spiro atoms. The molecule has 1 aromatic rings. The van der Waals surface area contributed by atoms with Gasteiger partial charge >= 0.3 is 0 Å². The minimum atomic E-state index is 0.171. The normalized spacial score (nSPS) is 25.4. The number of anilines is 1. The molecular formula is C15H23BrN2O. The molecule has 4 heteroatoms. The molecule has 1 aromatic carbocycles. The van der Waals surface area contributed by atoms with E-state index in [9.17, 15) is 5.11 Å². The Hall–Kier alpha value is -0.580. The fourth-order valence-corrected chi connectivity index (χ4v) is 3.21. The lowest BCUT2D eigenvalue weighted by molar-refractivity contribution is 0.226. The Morgan fingerprint density at radius 3 is 2.68 bits per heavy atom. The van der Waals surface area contributed by atoms with Crippen molar-refractivity contribution in [3.8, 4) is 0 Å². The average Bonchev–Trinajstić information content (AvgIpc) is 2.50. The van der Waals surface area contributed by atoms with Crippen molar-refractivity contribution in [1.82, 2.24) is 4.90 Å². The molecule has 19 heavy (non-hydrogen) atoms. The highest BCUT2D eigenvalue weighted by molar-refractivity contribution is 9.10. The molecule has 0 bridgehead atoms. The van der Waals surface area contributed by atoms with Crippen LogP contribution in [0.25, 0.3) is 0 Å². The number of aliphatic hydroxyl groups excluding tert-OH is 1. The SMILES string of the molecule is Cc1ccc(N2CC(C)CN(C)CC2CO)cc1Br. The van der Waals surface area contributed by atoms with Crippen LogP contribution in [0.1, 0.15) is 12.5 Å². The van der Waals surface area contributed by atoms with Gasteiger partial charge in [-0.1, -0.05) is 28.9 Å². The smallest absolute Gasteiger partial charge is 0.0647 e. The van der Waals surface area contributed by atoms with E-state index in [1.165, 1.54) is 11.3 Å². The van der Waals surface area contributed by atoms with Crippen LogP contribution in [0, 0.1) is 12.8 Å². The molecule has 2 rings (SSSR count). The number of halogens is 1. The standard InChI is InChI=1S/C15H23BrN2O/c1-11-7-17(3)9-14(10-19)18(8-11)13-5-4-12(2)15(16)6-13/h4-6,11,14,19H,7-10H2,1-3H3. The maximum atomic E-state index is 9.70. The van der Waals surface area contributed by atoms with Crippen LogP contribution in [0.15, 0.2) is 22.7 Å². The second-order valence-electron chi connectivity index (χ2n) is 5.75. The summed E-state index contributed by atoms with van der Waals surface area (Å²) < 4.78 is 1.13. The summed E-state index contributed by atoms with van der Waals surface area (Å²) in [5, 5.41) is 9.70. The van der Waals surface area contributed by atoms with Gasteiger partial charge in [-0.2, -0.15) is 0 Å². The quantitative estimate of drug-likeness (QED) is 0.904. The first-order valence-corrected chi connectivity index (χ1v) is 7.62. The molecule has 1 aliphatic rings. The predicted octanol–water partition coefficient (Wildman–Crippen LogP) is 2.51. The van der Waals surface area contributed by atoms with Crippen molar-refractivity contribution in [1.29, 1.82) is 0 Å². The fraction of sp³-hybridized carbons (Fsp3) is 0.600. The summed E-state index contributed by atoms with van der Waals surface area (Å²) in [6, 6.07) is 6.62. The van der Waals surface area contributed by atoms with Gasteiger partial charge in [0, 0.05) is 29.8 Å². The number of aliphatic hydroxyl groups is 1. The van der Waals surface area contributed by atoms with Crippen molar-refractivity contribution in [2.45, 2.75) is 19.9 Å². The molecule has 1 aliphatic heterocycles. The molecule has 1 heterocycles. The van der Waals surface area contributed by atoms with E-state index in [1.54, 1.807) is 0 Å². The maximum absolute atomic E-state index is 9.70. The van der Waals surface area contributed by atoms with E-state index in [0.29, 0.717) is 5.92 Å². The van der Waals surface area contributed by atoms with E-state index in [0.717, 1.165) is 24.1 Å². The maximum Gasteiger partial charge on any atom is 0.0647 e. The van der Waals surface area contributed by atoms with E-state index in [4.69, 9.17) is 0 Å². The number of hydrogen-bond donors (Lipinski definition) is 1. The van der Waals surface area contributed by atoms with Crippen molar-refractivity contribution in [3.05, 3.63) is 28.2 Å². The van der Waals surface area contributed by atoms with Gasteiger partial charge in [0.1, 0.15) is 0 Å². The van der Waals surface area contributed by atoms with Gasteiger partial charge in [0.05, 0.1) is 12.6 Å². The zero-order valence-electron chi connectivity index (χ0n) is 11.9. The van der Waals surface area contributed by atoms with E-state index < -0.39 is 0 Å². The van der Waals surface area contributed by atoms with E-state index in [1.807, 2.05) is 0 Å². The number of benzene rings is 1. The zero-order chi connectivity index (χ0) is 14.0. The van der Waals surface area contributed by atoms with E-state index in [-0.39, 0.29) is 12.6 Å². The van der Waals surface area contributed by atoms with Crippen LogP contribution in [0.4, 0.5) is 5.69 Å². The van der Waals surface area contributed by atoms with Gasteiger partial charge in [-0.25, -0.2) is 0 Å². The number of aryl methyl sites for hydroxylation is 1. The lowest BCUT2D eigenvalue weighted by Crippen LogP contribution is -2.43. The van der Waals surface area contributed by atoms with Crippen molar-refractivity contribution in [2.75, 3.05) is 38.2 Å². The summed E-state index contributed by atoms with van der Waals surface area (Å²) >= 11 is 3.60. The summed E-state index contributed by atoms with van der Waals surface area (Å²) in [5.74, 6) is 0.599. The van der Waals surface area contributed by atoms with Gasteiger partial charge in [0.2, 0.25) is 0 Å². The molecule has 1 N–H and O–H groups in total. The first-order chi connectivity index (χ1) is 9.01. The largest absolute Gasteiger partial charge is 0.394 e. The monoisotopic (exact) mass is 326 g/mol. The van der Waals surface area contributed by atoms with Crippen molar-refractivity contribution in [2.24, 2.45) is 5.92 Å². The number of hydrogen-bond acceptors (Lipinski definition) is 3. The minimum absolute atomic E-state index is 0.171. The first kappa shape index (κ1) is 14.8. The van der Waals surface area contributed by atoms with Crippen molar-refractivity contribution in [3.63, 3.8) is 0 Å². The summed E-state index contributed by atoms with van der Waals surface area (Å²) in [7, 11) is 2.13. The Morgan fingerprint density at radius 2 is 2.05 bits per heavy atom. The zero-order valence-corrected chi connectivity index (χ0v) is 13.5. The first-order valence-electron chi connectivity index (χ1n) is 6.83. The van der Waals surface area contributed by atoms with Crippen LogP contribution < -0.4 is 4.90 Å². The highest BCUT2D eigenvalue weighted by Crippen LogP contribution is 2.27. The van der Waals surface area contributed by atoms with E-state index in [2.05, 4.69) is 64.8 Å². The van der Waals surface area contributed by atoms with Crippen LogP contribution in [0.5, 0.6) is 0 Å². The third kappa shape index (κ3) is 3.50. The Kier molecular flexibility index (Phi) is 4.87. The van der Waals surface area contributed by atoms with Crippen molar-refractivity contribution >= 4 is 21.6 Å². The third-order valence-electron chi connectivity index (χ3n) is 3.79. The molecule has 2 atom stereocenters. The number of likely N-dealkylation sites (N-methyl/N-ethyl adjacent to an activating group) is 1. The molecule has 0 radical (unpaired) electrons. The molecular weight excluding hydrogens is 304 g/mol. The Balaban J connectivity index is 2.30. The van der Waals surface area contributed by atoms with Gasteiger partial charge in [-0.3, -0.25) is 0 Å². The molecule has 1 fully saturated rings. The van der Waals surface area contributed by atoms with Gasteiger partial charge in [0.25, 0.3) is 0 Å². The van der Waals surface area contributed by atoms with E-state index >= 15 is 0 Å². The lowest BCUT2D eigenvalue weighted by atomic mass is 10.1. The molecule has 1 saturated heterocycles. The van der Waals surface area contributed by atoms with Gasteiger partial charge < -0.3 is 14.9 Å². The molecule has 3 nitrogen and oxygen atoms in total. The molecule has 106 valence electrons. The molecule has 0 saturated carbocycles. The van der Waals surface area contributed by atoms with Crippen LogP contribution in [0.2, 0.25) is 0 Å². The number of rotatable bonds is 2. The molecule has 0 aliphatic carbocycles. The van der Waals surface area contributed by atoms with Crippen LogP contribution in [0.3, 0.4) is 0 Å². The second-order valence-corrected chi connectivity index (χ2v) is 6.60. The summed E-state index contributed by atoms with van der Waals surface area (Å²) in [5.41, 5.74) is 2.43. The van der Waals surface area contributed by atoms with Gasteiger partial charge in [0.15, 0.2) is 0 Å². The minimum Gasteiger partial charge on any atom is -0.394 e. The topological polar surface area (TPSA) is 26.7 Å². The molecule has 0 amide bonds. The van der Waals surface area contributed by atoms with Gasteiger partial charge in [-0.05, 0) is 37.6 Å². The van der Waals surface area contributed by atoms with Gasteiger partial charge in [-0.15, -0.1) is 0 Å². The lowest BCUT2D eigenvalue weighted by Gasteiger charge is -2.32. The second kappa shape index (κ2) is 6.25. The Labute approximate surface area is 124 Å². The Morgan fingerprint density at radius 1 is 1.32 bits per heavy atom. The Bertz CT molecular complexity index is 438. The highest BCUT2D eigenvalue weighted by Gasteiger charge is 2.26. The van der Waals surface area contributed by atoms with Crippen LogP contribution in [-0.2, 0) is 0 Å². The third-order valence-corrected chi connectivity index (χ3v) is 4.65. The highest BCUT2D eigenvalue weighted by atomic mass is 79.9. The number of nitrogens with zero attached hydrogens (tertiary/aromatic N) is 2. The summed E-state index contributed by atoms with van der Waals surface area (Å²) in [4.78, 5) is 4.66. The average molecular weight is 327 g/mol. The molecule has 0 aromatic heterocycles. The molecule has 2 unspecified atom stereocenters. The van der Waals surface area contributed by atoms with Crippen LogP contribution in [-0.4, -0.2) is 49.3 Å². The summed E-state index contributed by atoms with van der Waals surface area (Å²) in [6.45, 7) is 7.54. The van der Waals surface area contributed by atoms with Crippen molar-refractivity contribution < 1.29 is 5.11 Å².